The maximum Gasteiger partial charge on any atom is 0.239 e. The standard InChI is InChI=1S/C13H16Cl2FN3O2/c1-7(8-3-11(16)10(15)4-9(8)14)18-6-13(21)19-5-12(20)17-2/h3-4,7,18H,5-6H2,1-2H3,(H,17,20)(H,19,21)/t7-/m1/s1. The molecular weight excluding hydrogens is 320 g/mol. The van der Waals surface area contributed by atoms with Crippen LogP contribution >= 0.6 is 23.2 Å². The Bertz CT molecular complexity index is 540. The summed E-state index contributed by atoms with van der Waals surface area (Å²) in [7, 11) is 1.48. The van der Waals surface area contributed by atoms with E-state index >= 15 is 0 Å². The molecule has 116 valence electrons. The first-order valence-electron chi connectivity index (χ1n) is 6.20. The highest BCUT2D eigenvalue weighted by atomic mass is 35.5. The Kier molecular flexibility index (Phi) is 6.87. The average molecular weight is 336 g/mol. The van der Waals surface area contributed by atoms with Crippen molar-refractivity contribution in [2.75, 3.05) is 20.1 Å². The molecule has 1 rings (SSSR count). The van der Waals surface area contributed by atoms with Crippen molar-refractivity contribution in [3.8, 4) is 0 Å². The zero-order valence-corrected chi connectivity index (χ0v) is 13.1. The van der Waals surface area contributed by atoms with Gasteiger partial charge in [0.2, 0.25) is 11.8 Å². The van der Waals surface area contributed by atoms with E-state index in [4.69, 9.17) is 23.2 Å². The second-order valence-electron chi connectivity index (χ2n) is 4.34. The third-order valence-electron chi connectivity index (χ3n) is 2.80. The van der Waals surface area contributed by atoms with Crippen LogP contribution in [0.5, 0.6) is 0 Å². The molecule has 2 amide bonds. The van der Waals surface area contributed by atoms with Crippen molar-refractivity contribution >= 4 is 35.0 Å². The molecule has 8 heteroatoms. The number of rotatable bonds is 6. The Labute approximate surface area is 132 Å². The van der Waals surface area contributed by atoms with E-state index in [1.165, 1.54) is 19.2 Å². The summed E-state index contributed by atoms with van der Waals surface area (Å²) in [5, 5.41) is 7.96. The third kappa shape index (κ3) is 5.49. The lowest BCUT2D eigenvalue weighted by molar-refractivity contribution is -0.125. The molecule has 0 fully saturated rings. The Morgan fingerprint density at radius 1 is 1.19 bits per heavy atom. The van der Waals surface area contributed by atoms with Crippen molar-refractivity contribution in [2.24, 2.45) is 0 Å². The van der Waals surface area contributed by atoms with Crippen molar-refractivity contribution in [1.29, 1.82) is 0 Å². The molecule has 0 saturated carbocycles. The van der Waals surface area contributed by atoms with Gasteiger partial charge in [-0.2, -0.15) is 0 Å². The topological polar surface area (TPSA) is 70.2 Å². The number of likely N-dealkylation sites (N-methyl/N-ethyl adjacent to an activating group) is 1. The molecule has 0 bridgehead atoms. The number of nitrogens with one attached hydrogen (secondary N) is 3. The maximum absolute atomic E-state index is 13.4. The highest BCUT2D eigenvalue weighted by Crippen LogP contribution is 2.28. The molecule has 21 heavy (non-hydrogen) atoms. The zero-order chi connectivity index (χ0) is 16.0. The zero-order valence-electron chi connectivity index (χ0n) is 11.6. The molecule has 1 atom stereocenters. The lowest BCUT2D eigenvalue weighted by Gasteiger charge is -2.16. The van der Waals surface area contributed by atoms with Gasteiger partial charge in [-0.3, -0.25) is 9.59 Å². The van der Waals surface area contributed by atoms with Crippen LogP contribution in [-0.2, 0) is 9.59 Å². The minimum Gasteiger partial charge on any atom is -0.358 e. The van der Waals surface area contributed by atoms with Gasteiger partial charge in [0.05, 0.1) is 18.1 Å². The number of carbonyl (C=O) groups is 2. The average Bonchev–Trinajstić information content (AvgIpc) is 2.45. The number of benzene rings is 1. The molecule has 0 unspecified atom stereocenters. The van der Waals surface area contributed by atoms with Gasteiger partial charge >= 0.3 is 0 Å². The number of halogens is 3. The van der Waals surface area contributed by atoms with E-state index in [-0.39, 0.29) is 36.0 Å². The van der Waals surface area contributed by atoms with Crippen LogP contribution in [0.4, 0.5) is 4.39 Å². The van der Waals surface area contributed by atoms with E-state index in [0.29, 0.717) is 10.6 Å². The van der Waals surface area contributed by atoms with Gasteiger partial charge in [-0.25, -0.2) is 4.39 Å². The fourth-order valence-corrected chi connectivity index (χ4v) is 2.10. The van der Waals surface area contributed by atoms with Crippen molar-refractivity contribution in [3.05, 3.63) is 33.6 Å². The SMILES string of the molecule is CNC(=O)CNC(=O)CN[C@H](C)c1cc(F)c(Cl)cc1Cl. The smallest absolute Gasteiger partial charge is 0.239 e. The highest BCUT2D eigenvalue weighted by Gasteiger charge is 2.14. The van der Waals surface area contributed by atoms with Gasteiger partial charge in [0, 0.05) is 18.1 Å². The summed E-state index contributed by atoms with van der Waals surface area (Å²) < 4.78 is 13.4. The first kappa shape index (κ1) is 17.7. The van der Waals surface area contributed by atoms with Crippen molar-refractivity contribution < 1.29 is 14.0 Å². The van der Waals surface area contributed by atoms with Crippen molar-refractivity contribution in [3.63, 3.8) is 0 Å². The van der Waals surface area contributed by atoms with Gasteiger partial charge < -0.3 is 16.0 Å². The quantitative estimate of drug-likeness (QED) is 0.692. The molecule has 3 N–H and O–H groups in total. The molecule has 0 heterocycles. The third-order valence-corrected chi connectivity index (χ3v) is 3.42. The molecule has 0 saturated heterocycles. The lowest BCUT2D eigenvalue weighted by Crippen LogP contribution is -2.40. The molecule has 0 radical (unpaired) electrons. The van der Waals surface area contributed by atoms with E-state index in [1.54, 1.807) is 6.92 Å². The number of hydrogen-bond acceptors (Lipinski definition) is 3. The van der Waals surface area contributed by atoms with Crippen LogP contribution in [0.1, 0.15) is 18.5 Å². The molecule has 0 aliphatic heterocycles. The summed E-state index contributed by atoms with van der Waals surface area (Å²) >= 11 is 11.6. The van der Waals surface area contributed by atoms with Crippen LogP contribution in [0, 0.1) is 5.82 Å². The monoisotopic (exact) mass is 335 g/mol. The van der Waals surface area contributed by atoms with E-state index in [9.17, 15) is 14.0 Å². The second-order valence-corrected chi connectivity index (χ2v) is 5.15. The summed E-state index contributed by atoms with van der Waals surface area (Å²) in [4.78, 5) is 22.5. The molecule has 5 nitrogen and oxygen atoms in total. The van der Waals surface area contributed by atoms with Crippen LogP contribution in [-0.4, -0.2) is 32.0 Å². The summed E-state index contributed by atoms with van der Waals surface area (Å²) in [5.74, 6) is -1.22. The molecule has 0 spiro atoms. The summed E-state index contributed by atoms with van der Waals surface area (Å²) in [6, 6.07) is 2.19. The Hall–Kier alpha value is -1.37. The fraction of sp³-hybridized carbons (Fsp3) is 0.385. The number of amides is 2. The largest absolute Gasteiger partial charge is 0.358 e. The van der Waals surface area contributed by atoms with Gasteiger partial charge in [0.1, 0.15) is 5.82 Å². The molecule has 0 aromatic heterocycles. The van der Waals surface area contributed by atoms with E-state index in [1.807, 2.05) is 0 Å². The van der Waals surface area contributed by atoms with Crippen LogP contribution in [0.2, 0.25) is 10.0 Å². The van der Waals surface area contributed by atoms with E-state index in [2.05, 4.69) is 16.0 Å². The van der Waals surface area contributed by atoms with Crippen LogP contribution in [0.3, 0.4) is 0 Å². The van der Waals surface area contributed by atoms with E-state index in [0.717, 1.165) is 0 Å². The van der Waals surface area contributed by atoms with Gasteiger partial charge in [-0.1, -0.05) is 23.2 Å². The number of carbonyl (C=O) groups excluding carboxylic acids is 2. The summed E-state index contributed by atoms with van der Waals surface area (Å²) in [6.45, 7) is 1.61. The first-order chi connectivity index (χ1) is 9.85. The van der Waals surface area contributed by atoms with Gasteiger partial charge in [-0.05, 0) is 24.6 Å². The predicted molar refractivity (Wildman–Crippen MR) is 79.9 cm³/mol. The Morgan fingerprint density at radius 2 is 1.86 bits per heavy atom. The molecule has 0 aliphatic carbocycles. The Morgan fingerprint density at radius 3 is 2.48 bits per heavy atom. The maximum atomic E-state index is 13.4. The van der Waals surface area contributed by atoms with Crippen LogP contribution < -0.4 is 16.0 Å². The highest BCUT2D eigenvalue weighted by molar-refractivity contribution is 6.35. The molecule has 1 aromatic carbocycles. The molecule has 1 aromatic rings. The summed E-state index contributed by atoms with van der Waals surface area (Å²) in [6.07, 6.45) is 0. The normalized spacial score (nSPS) is 11.9. The minimum atomic E-state index is -0.575. The van der Waals surface area contributed by atoms with Gasteiger partial charge in [0.15, 0.2) is 0 Å². The fourth-order valence-electron chi connectivity index (χ4n) is 1.56. The van der Waals surface area contributed by atoms with Crippen molar-refractivity contribution in [2.45, 2.75) is 13.0 Å². The number of hydrogen-bond donors (Lipinski definition) is 3. The van der Waals surface area contributed by atoms with Gasteiger partial charge in [0.25, 0.3) is 0 Å². The lowest BCUT2D eigenvalue weighted by atomic mass is 10.1. The minimum absolute atomic E-state index is 0.0290. The van der Waals surface area contributed by atoms with Gasteiger partial charge in [-0.15, -0.1) is 0 Å². The summed E-state index contributed by atoms with van der Waals surface area (Å²) in [5.41, 5.74) is 0.498. The first-order valence-corrected chi connectivity index (χ1v) is 6.95. The second kappa shape index (κ2) is 8.17. The van der Waals surface area contributed by atoms with Crippen molar-refractivity contribution in [1.82, 2.24) is 16.0 Å². The van der Waals surface area contributed by atoms with Crippen LogP contribution in [0.25, 0.3) is 0 Å². The van der Waals surface area contributed by atoms with E-state index < -0.39 is 5.82 Å². The van der Waals surface area contributed by atoms with Crippen LogP contribution in [0.15, 0.2) is 12.1 Å². The molecular formula is C13H16Cl2FN3O2. The predicted octanol–water partition coefficient (Wildman–Crippen LogP) is 1.65. The Balaban J connectivity index is 2.54. The molecule has 0 aliphatic rings.